The minimum Gasteiger partial charge on any atom is -0.459 e. The molecule has 67 heavy (non-hydrogen) atoms. The average molecular weight is 913 g/mol. The third kappa shape index (κ3) is 9.86. The summed E-state index contributed by atoms with van der Waals surface area (Å²) >= 11 is 0. The molecule has 2 fully saturated rings. The summed E-state index contributed by atoms with van der Waals surface area (Å²) in [7, 11) is 0. The Kier molecular flexibility index (Phi) is 14.9. The number of hydrogen-bond acceptors (Lipinski definition) is 11. The Labute approximate surface area is 394 Å². The molecule has 2 aliphatic carbocycles. The Bertz CT molecular complexity index is 2380. The molecular formula is C55H64N2O10. The van der Waals surface area contributed by atoms with E-state index in [1.807, 2.05) is 47.4 Å². The molecule has 3 aliphatic heterocycles. The largest absolute Gasteiger partial charge is 0.459 e. The summed E-state index contributed by atoms with van der Waals surface area (Å²) in [6.07, 6.45) is 11.9. The third-order valence-electron chi connectivity index (χ3n) is 14.0. The van der Waals surface area contributed by atoms with Gasteiger partial charge in [-0.15, -0.1) is 6.58 Å². The summed E-state index contributed by atoms with van der Waals surface area (Å²) in [4.78, 5) is 23.5. The van der Waals surface area contributed by atoms with E-state index in [4.69, 9.17) is 38.4 Å². The predicted molar refractivity (Wildman–Crippen MR) is 255 cm³/mol. The first-order valence-electron chi connectivity index (χ1n) is 24.3. The molecule has 3 heterocycles. The van der Waals surface area contributed by atoms with Crippen molar-refractivity contribution in [1.82, 2.24) is 4.90 Å². The topological polar surface area (TPSA) is 138 Å². The van der Waals surface area contributed by atoms with E-state index in [9.17, 15) is 10.2 Å². The summed E-state index contributed by atoms with van der Waals surface area (Å²) in [5.41, 5.74) is 5.36. The molecule has 0 radical (unpaired) electrons. The van der Waals surface area contributed by atoms with Crippen LogP contribution < -0.4 is 18.9 Å². The first-order chi connectivity index (χ1) is 32.9. The first kappa shape index (κ1) is 46.5. The van der Waals surface area contributed by atoms with Crippen LogP contribution in [0.5, 0.6) is 28.7 Å². The number of amides is 1. The fraction of sp³-hybridized carbons (Fsp3) is 0.455. The molecule has 1 amide bonds. The molecule has 7 unspecified atom stereocenters. The molecule has 1 saturated heterocycles. The Morgan fingerprint density at radius 1 is 0.881 bits per heavy atom. The van der Waals surface area contributed by atoms with Gasteiger partial charge in [-0.2, -0.15) is 0 Å². The maximum atomic E-state index is 15.2. The van der Waals surface area contributed by atoms with E-state index in [0.29, 0.717) is 66.7 Å². The number of unbranched alkanes of at least 4 members (excludes halogenated alkanes) is 2. The lowest BCUT2D eigenvalue weighted by Gasteiger charge is -2.60. The smallest absolute Gasteiger partial charge is 0.254 e. The molecule has 12 nitrogen and oxygen atoms in total. The predicted octanol–water partition coefficient (Wildman–Crippen LogP) is 10.6. The zero-order chi connectivity index (χ0) is 46.2. The zero-order valence-corrected chi connectivity index (χ0v) is 38.6. The monoisotopic (exact) mass is 912 g/mol. The molecule has 4 aromatic rings. The highest BCUT2D eigenvalue weighted by Gasteiger charge is 2.65. The summed E-state index contributed by atoms with van der Waals surface area (Å²) in [6.45, 7) is 7.62. The number of allylic oxidation sites excluding steroid dienone is 1. The van der Waals surface area contributed by atoms with Crippen molar-refractivity contribution in [2.24, 2.45) is 22.9 Å². The Hall–Kier alpha value is -5.66. The standard InChI is InChI=1S/C55H64N2O10/c1-3-27-57(54(60)40-21-25-48-49(33-40)63-36-62-48)50-35-46(56-67-51-18-10-13-31-61-51)44-32-39(16-8-11-28-58)43(17-9-12-29-59)52-45-34-42(24-26-47(45)66-55(50,53(44)52)64-30-4-2)65-41-22-19-38(20-23-41)37-14-6-5-7-15-37/h4-7,14-15,19-26,32-34,39,43,50-53,58-59H,2-3,8-13,16-18,27-31,35-36H2,1H3. The Morgan fingerprint density at radius 3 is 2.40 bits per heavy atom. The maximum absolute atomic E-state index is 15.2. The lowest BCUT2D eigenvalue weighted by Crippen LogP contribution is -2.70. The van der Waals surface area contributed by atoms with Crippen molar-refractivity contribution < 1.29 is 48.3 Å². The molecule has 4 aromatic carbocycles. The molecular weight excluding hydrogens is 849 g/mol. The second-order valence-electron chi connectivity index (χ2n) is 18.2. The van der Waals surface area contributed by atoms with E-state index in [1.54, 1.807) is 24.3 Å². The van der Waals surface area contributed by atoms with Gasteiger partial charge in [0.15, 0.2) is 11.5 Å². The highest BCUT2D eigenvalue weighted by molar-refractivity contribution is 6.03. The number of ether oxygens (including phenoxy) is 6. The van der Waals surface area contributed by atoms with Gasteiger partial charge in [0.1, 0.15) is 23.3 Å². The molecule has 5 aliphatic rings. The van der Waals surface area contributed by atoms with Gasteiger partial charge in [-0.3, -0.25) is 4.79 Å². The number of aliphatic hydroxyl groups excluding tert-OH is 2. The van der Waals surface area contributed by atoms with Gasteiger partial charge in [0.05, 0.1) is 24.8 Å². The van der Waals surface area contributed by atoms with Crippen molar-refractivity contribution in [3.8, 4) is 39.9 Å². The van der Waals surface area contributed by atoms with Gasteiger partial charge in [-0.05, 0) is 122 Å². The van der Waals surface area contributed by atoms with Crippen LogP contribution in [0.25, 0.3) is 11.1 Å². The van der Waals surface area contributed by atoms with E-state index < -0.39 is 24.0 Å². The quantitative estimate of drug-likeness (QED) is 0.0501. The van der Waals surface area contributed by atoms with Crippen LogP contribution in [0.2, 0.25) is 0 Å². The SMILES string of the molecule is C=CCOC12Oc3ccc(Oc4ccc(-c5ccccc5)cc4)cc3C3C(CCCCO)C(CCCCO)C=C(C(=NOC4CCCCO4)CC1N(CCC)C(=O)c1ccc4c(c1)OCO4)C32. The molecule has 354 valence electrons. The minimum absolute atomic E-state index is 0.0561. The lowest BCUT2D eigenvalue weighted by atomic mass is 9.55. The van der Waals surface area contributed by atoms with E-state index in [1.165, 1.54) is 0 Å². The average Bonchev–Trinajstić information content (AvgIpc) is 3.85. The summed E-state index contributed by atoms with van der Waals surface area (Å²) < 4.78 is 38.8. The number of benzene rings is 4. The second kappa shape index (κ2) is 21.5. The maximum Gasteiger partial charge on any atom is 0.254 e. The van der Waals surface area contributed by atoms with Gasteiger partial charge >= 0.3 is 0 Å². The van der Waals surface area contributed by atoms with Crippen molar-refractivity contribution in [2.45, 2.75) is 102 Å². The molecule has 0 aromatic heterocycles. The molecule has 1 saturated carbocycles. The number of fused-ring (bicyclic) bond motifs is 3. The normalized spacial score (nSPS) is 25.3. The molecule has 0 bridgehead atoms. The van der Waals surface area contributed by atoms with Gasteiger partial charge in [0, 0.05) is 49.6 Å². The number of aliphatic hydroxyl groups is 2. The fourth-order valence-electron chi connectivity index (χ4n) is 10.9. The van der Waals surface area contributed by atoms with E-state index in [0.717, 1.165) is 72.9 Å². The number of carbonyl (C=O) groups excluding carboxylic acids is 1. The van der Waals surface area contributed by atoms with E-state index in [-0.39, 0.29) is 56.7 Å². The molecule has 9 rings (SSSR count). The van der Waals surface area contributed by atoms with Crippen molar-refractivity contribution in [2.75, 3.05) is 39.8 Å². The molecule has 12 heteroatoms. The zero-order valence-electron chi connectivity index (χ0n) is 38.6. The second-order valence-corrected chi connectivity index (χ2v) is 18.2. The van der Waals surface area contributed by atoms with Crippen molar-refractivity contribution in [3.63, 3.8) is 0 Å². The molecule has 7 atom stereocenters. The van der Waals surface area contributed by atoms with Crippen LogP contribution in [0.3, 0.4) is 0 Å². The number of oxime groups is 1. The van der Waals surface area contributed by atoms with Crippen molar-refractivity contribution >= 4 is 11.6 Å². The van der Waals surface area contributed by atoms with E-state index >= 15 is 4.79 Å². The van der Waals surface area contributed by atoms with E-state index in [2.05, 4.69) is 49.9 Å². The van der Waals surface area contributed by atoms with Crippen LogP contribution in [-0.4, -0.2) is 84.6 Å². The lowest BCUT2D eigenvalue weighted by molar-refractivity contribution is -0.254. The van der Waals surface area contributed by atoms with Crippen LogP contribution >= 0.6 is 0 Å². The Balaban J connectivity index is 1.20. The van der Waals surface area contributed by atoms with Crippen LogP contribution in [0.15, 0.2) is 120 Å². The Morgan fingerprint density at radius 2 is 1.64 bits per heavy atom. The summed E-state index contributed by atoms with van der Waals surface area (Å²) in [5, 5.41) is 25.1. The minimum atomic E-state index is -1.40. The number of carbonyl (C=O) groups is 1. The highest BCUT2D eigenvalue weighted by atomic mass is 16.8. The molecule has 0 spiro atoms. The van der Waals surface area contributed by atoms with Crippen LogP contribution in [0, 0.1) is 17.8 Å². The summed E-state index contributed by atoms with van der Waals surface area (Å²) in [6, 6.07) is 29.1. The van der Waals surface area contributed by atoms with Gasteiger partial charge in [0.2, 0.25) is 18.9 Å². The van der Waals surface area contributed by atoms with Crippen molar-refractivity contribution in [3.05, 3.63) is 126 Å². The van der Waals surface area contributed by atoms with Crippen LogP contribution in [-0.2, 0) is 14.3 Å². The van der Waals surface area contributed by atoms with Gasteiger partial charge < -0.3 is 48.4 Å². The molecule has 2 N–H and O–H groups in total. The van der Waals surface area contributed by atoms with Gasteiger partial charge in [-0.1, -0.05) is 79.5 Å². The first-order valence-corrected chi connectivity index (χ1v) is 24.3. The van der Waals surface area contributed by atoms with Crippen LogP contribution in [0.1, 0.15) is 99.4 Å². The van der Waals surface area contributed by atoms with Gasteiger partial charge in [-0.25, -0.2) is 0 Å². The number of rotatable bonds is 20. The number of hydrogen-bond donors (Lipinski definition) is 2. The third-order valence-corrected chi connectivity index (χ3v) is 14.0. The number of nitrogens with zero attached hydrogens (tertiary/aromatic N) is 2. The van der Waals surface area contributed by atoms with Gasteiger partial charge in [0.25, 0.3) is 5.91 Å². The fourth-order valence-corrected chi connectivity index (χ4v) is 10.9. The van der Waals surface area contributed by atoms with Crippen molar-refractivity contribution in [1.29, 1.82) is 0 Å². The highest BCUT2D eigenvalue weighted by Crippen LogP contribution is 2.62. The summed E-state index contributed by atoms with van der Waals surface area (Å²) in [5.74, 6) is 1.01. The van der Waals surface area contributed by atoms with Crippen LogP contribution in [0.4, 0.5) is 0 Å².